The monoisotopic (exact) mass is 158 g/mol. The molecule has 0 aliphatic heterocycles. The van der Waals surface area contributed by atoms with Crippen LogP contribution in [-0.4, -0.2) is 16.5 Å². The predicted octanol–water partition coefficient (Wildman–Crippen LogP) is 2.47. The van der Waals surface area contributed by atoms with Gasteiger partial charge < -0.3 is 0 Å². The number of rotatable bonds is 1. The maximum atomic E-state index is 3.85. The Morgan fingerprint density at radius 2 is 2.10 bits per heavy atom. The highest BCUT2D eigenvalue weighted by molar-refractivity contribution is 7.98. The Morgan fingerprint density at radius 1 is 1.50 bits per heavy atom. The standard InChI is InChI=1S/C5H8N2S.C2H6/c1-4-3-6-7-5(4)8-2;1-2/h3H,1-2H3,(H,6,7);1-2H3. The van der Waals surface area contributed by atoms with Gasteiger partial charge in [-0.3, -0.25) is 5.10 Å². The molecule has 1 N–H and O–H groups in total. The van der Waals surface area contributed by atoms with Crippen LogP contribution in [0.5, 0.6) is 0 Å². The van der Waals surface area contributed by atoms with Crippen LogP contribution < -0.4 is 0 Å². The summed E-state index contributed by atoms with van der Waals surface area (Å²) in [6, 6.07) is 0. The second-order valence-electron chi connectivity index (χ2n) is 1.59. The first-order valence-electron chi connectivity index (χ1n) is 3.38. The fourth-order valence-electron chi connectivity index (χ4n) is 0.541. The Hall–Kier alpha value is -0.440. The van der Waals surface area contributed by atoms with E-state index in [1.165, 1.54) is 5.56 Å². The quantitative estimate of drug-likeness (QED) is 0.636. The number of H-pyrrole nitrogens is 1. The summed E-state index contributed by atoms with van der Waals surface area (Å²) in [4.78, 5) is 0. The Morgan fingerprint density at radius 3 is 2.30 bits per heavy atom. The molecule has 1 heterocycles. The van der Waals surface area contributed by atoms with E-state index in [2.05, 4.69) is 10.2 Å². The zero-order valence-electron chi connectivity index (χ0n) is 6.93. The van der Waals surface area contributed by atoms with Gasteiger partial charge in [-0.15, -0.1) is 11.8 Å². The van der Waals surface area contributed by atoms with Gasteiger partial charge in [0, 0.05) is 5.56 Å². The van der Waals surface area contributed by atoms with Gasteiger partial charge in [0.25, 0.3) is 0 Å². The van der Waals surface area contributed by atoms with Crippen molar-refractivity contribution in [3.05, 3.63) is 11.8 Å². The van der Waals surface area contributed by atoms with E-state index in [9.17, 15) is 0 Å². The summed E-state index contributed by atoms with van der Waals surface area (Å²) >= 11 is 1.68. The van der Waals surface area contributed by atoms with Crippen molar-refractivity contribution < 1.29 is 0 Å². The summed E-state index contributed by atoms with van der Waals surface area (Å²) in [5, 5.41) is 7.87. The van der Waals surface area contributed by atoms with Crippen LogP contribution in [0.15, 0.2) is 11.2 Å². The normalized spacial score (nSPS) is 8.40. The number of hydrogen-bond acceptors (Lipinski definition) is 2. The van der Waals surface area contributed by atoms with E-state index in [-0.39, 0.29) is 0 Å². The fourth-order valence-corrected chi connectivity index (χ4v) is 1.06. The molecule has 2 nitrogen and oxygen atoms in total. The van der Waals surface area contributed by atoms with E-state index in [1.54, 1.807) is 11.8 Å². The maximum Gasteiger partial charge on any atom is 0.0934 e. The molecule has 10 heavy (non-hydrogen) atoms. The van der Waals surface area contributed by atoms with Crippen LogP contribution in [0.1, 0.15) is 19.4 Å². The molecule has 1 rings (SSSR count). The molecule has 0 amide bonds. The third-order valence-corrected chi connectivity index (χ3v) is 1.81. The minimum Gasteiger partial charge on any atom is -0.272 e. The second kappa shape index (κ2) is 5.35. The van der Waals surface area contributed by atoms with Crippen molar-refractivity contribution in [2.45, 2.75) is 25.8 Å². The summed E-state index contributed by atoms with van der Waals surface area (Å²) in [6.45, 7) is 6.04. The van der Waals surface area contributed by atoms with Crippen molar-refractivity contribution in [1.82, 2.24) is 10.2 Å². The lowest BCUT2D eigenvalue weighted by atomic mass is 10.4. The van der Waals surface area contributed by atoms with Crippen LogP contribution in [0.4, 0.5) is 0 Å². The van der Waals surface area contributed by atoms with Gasteiger partial charge >= 0.3 is 0 Å². The first kappa shape index (κ1) is 9.56. The van der Waals surface area contributed by atoms with Crippen molar-refractivity contribution >= 4 is 11.8 Å². The summed E-state index contributed by atoms with van der Waals surface area (Å²) in [5.74, 6) is 0. The largest absolute Gasteiger partial charge is 0.272 e. The highest BCUT2D eigenvalue weighted by Crippen LogP contribution is 2.13. The molecule has 0 saturated heterocycles. The van der Waals surface area contributed by atoms with Gasteiger partial charge in [-0.25, -0.2) is 0 Å². The summed E-state index contributed by atoms with van der Waals surface area (Å²) in [5.41, 5.74) is 1.22. The highest BCUT2D eigenvalue weighted by Gasteiger charge is 1.93. The van der Waals surface area contributed by atoms with Gasteiger partial charge in [0.15, 0.2) is 0 Å². The summed E-state index contributed by atoms with van der Waals surface area (Å²) in [7, 11) is 0. The van der Waals surface area contributed by atoms with E-state index >= 15 is 0 Å². The number of aromatic nitrogens is 2. The number of nitrogens with zero attached hydrogens (tertiary/aromatic N) is 1. The minimum absolute atomic E-state index is 1.16. The molecule has 0 bridgehead atoms. The lowest BCUT2D eigenvalue weighted by Crippen LogP contribution is -1.69. The van der Waals surface area contributed by atoms with E-state index in [0.29, 0.717) is 0 Å². The zero-order chi connectivity index (χ0) is 7.98. The molecule has 3 heteroatoms. The molecule has 0 radical (unpaired) electrons. The van der Waals surface area contributed by atoms with Crippen molar-refractivity contribution in [2.24, 2.45) is 0 Å². The van der Waals surface area contributed by atoms with Crippen molar-refractivity contribution in [3.63, 3.8) is 0 Å². The topological polar surface area (TPSA) is 28.7 Å². The Labute approximate surface area is 66.4 Å². The molecule has 58 valence electrons. The zero-order valence-corrected chi connectivity index (χ0v) is 7.75. The van der Waals surface area contributed by atoms with Crippen molar-refractivity contribution in [3.8, 4) is 0 Å². The number of nitrogens with one attached hydrogen (secondary N) is 1. The molecule has 1 aromatic heterocycles. The van der Waals surface area contributed by atoms with Gasteiger partial charge in [-0.05, 0) is 13.2 Å². The smallest absolute Gasteiger partial charge is 0.0934 e. The molecule has 0 fully saturated rings. The summed E-state index contributed by atoms with van der Waals surface area (Å²) < 4.78 is 0. The highest BCUT2D eigenvalue weighted by atomic mass is 32.2. The third kappa shape index (κ3) is 2.43. The Kier molecular flexibility index (Phi) is 5.12. The number of thioether (sulfide) groups is 1. The minimum atomic E-state index is 1.16. The van der Waals surface area contributed by atoms with Gasteiger partial charge in [0.1, 0.15) is 0 Å². The van der Waals surface area contributed by atoms with Crippen molar-refractivity contribution in [2.75, 3.05) is 6.26 Å². The molecule has 0 atom stereocenters. The van der Waals surface area contributed by atoms with Gasteiger partial charge in [0.2, 0.25) is 0 Å². The van der Waals surface area contributed by atoms with Crippen LogP contribution in [-0.2, 0) is 0 Å². The van der Waals surface area contributed by atoms with E-state index in [1.807, 2.05) is 33.2 Å². The van der Waals surface area contributed by atoms with Gasteiger partial charge in [0.05, 0.1) is 11.2 Å². The Balaban J connectivity index is 0.000000371. The van der Waals surface area contributed by atoms with E-state index in [0.717, 1.165) is 5.03 Å². The maximum absolute atomic E-state index is 3.85. The molecule has 0 spiro atoms. The average molecular weight is 158 g/mol. The van der Waals surface area contributed by atoms with Gasteiger partial charge in [-0.2, -0.15) is 5.10 Å². The molecule has 0 aromatic carbocycles. The van der Waals surface area contributed by atoms with Crippen LogP contribution in [0.3, 0.4) is 0 Å². The van der Waals surface area contributed by atoms with Crippen LogP contribution in [0.2, 0.25) is 0 Å². The lowest BCUT2D eigenvalue weighted by Gasteiger charge is -1.86. The van der Waals surface area contributed by atoms with E-state index in [4.69, 9.17) is 0 Å². The third-order valence-electron chi connectivity index (χ3n) is 0.987. The first-order valence-corrected chi connectivity index (χ1v) is 4.61. The molecular formula is C7H14N2S. The molecule has 0 aliphatic carbocycles. The van der Waals surface area contributed by atoms with Crippen molar-refractivity contribution in [1.29, 1.82) is 0 Å². The molecule has 0 saturated carbocycles. The van der Waals surface area contributed by atoms with E-state index < -0.39 is 0 Å². The molecule has 0 aliphatic rings. The van der Waals surface area contributed by atoms with Crippen LogP contribution in [0, 0.1) is 6.92 Å². The molecular weight excluding hydrogens is 144 g/mol. The average Bonchev–Trinajstić information content (AvgIpc) is 2.39. The van der Waals surface area contributed by atoms with Crippen LogP contribution in [0.25, 0.3) is 0 Å². The molecule has 0 unspecified atom stereocenters. The predicted molar refractivity (Wildman–Crippen MR) is 46.5 cm³/mol. The summed E-state index contributed by atoms with van der Waals surface area (Å²) in [6.07, 6.45) is 3.85. The molecule has 1 aromatic rings. The first-order chi connectivity index (χ1) is 4.84. The lowest BCUT2D eigenvalue weighted by molar-refractivity contribution is 1.000. The van der Waals surface area contributed by atoms with Gasteiger partial charge in [-0.1, -0.05) is 13.8 Å². The second-order valence-corrected chi connectivity index (χ2v) is 2.40. The number of hydrogen-bond donors (Lipinski definition) is 1. The number of aryl methyl sites for hydroxylation is 1. The fraction of sp³-hybridized carbons (Fsp3) is 0.571. The number of aromatic amines is 1. The SMILES string of the molecule is CC.CSc1[nH]ncc1C. The Bertz CT molecular complexity index is 172. The van der Waals surface area contributed by atoms with Crippen LogP contribution >= 0.6 is 11.8 Å².